The Morgan fingerprint density at radius 2 is 1.70 bits per heavy atom. The quantitative estimate of drug-likeness (QED) is 0.891. The molecule has 1 aliphatic rings. The smallest absolute Gasteiger partial charge is 0.123 e. The Hall–Kier alpha value is -0.980. The molecule has 1 aromatic heterocycles. The molecule has 1 saturated heterocycles. The van der Waals surface area contributed by atoms with E-state index < -0.39 is 6.10 Å². The van der Waals surface area contributed by atoms with Crippen molar-refractivity contribution in [3.05, 3.63) is 57.0 Å². The minimum absolute atomic E-state index is 0.275. The number of aliphatic hydroxyl groups is 1. The summed E-state index contributed by atoms with van der Waals surface area (Å²) in [7, 11) is 0. The molecule has 0 unspecified atom stereocenters. The number of thiophene rings is 1. The Morgan fingerprint density at radius 3 is 2.30 bits per heavy atom. The first-order chi connectivity index (χ1) is 11.1. The zero-order chi connectivity index (χ0) is 16.2. The van der Waals surface area contributed by atoms with Gasteiger partial charge in [0.05, 0.1) is 10.4 Å². The van der Waals surface area contributed by atoms with E-state index in [1.54, 1.807) is 23.5 Å². The lowest BCUT2D eigenvalue weighted by molar-refractivity contribution is 0.0704. The molecule has 23 heavy (non-hydrogen) atoms. The van der Waals surface area contributed by atoms with Gasteiger partial charge >= 0.3 is 0 Å². The SMILES string of the molecule is O[C@H](CN1CCN(Cc2ccc(Cl)s2)CC1)c1ccc(F)cc1. The lowest BCUT2D eigenvalue weighted by Crippen LogP contribution is -2.46. The van der Waals surface area contributed by atoms with Gasteiger partial charge in [-0.1, -0.05) is 23.7 Å². The van der Waals surface area contributed by atoms with Crippen LogP contribution in [0.15, 0.2) is 36.4 Å². The molecule has 0 saturated carbocycles. The fraction of sp³-hybridized carbons (Fsp3) is 0.412. The van der Waals surface area contributed by atoms with Gasteiger partial charge in [0.15, 0.2) is 0 Å². The van der Waals surface area contributed by atoms with Crippen molar-refractivity contribution in [1.29, 1.82) is 0 Å². The van der Waals surface area contributed by atoms with Gasteiger partial charge in [0, 0.05) is 44.1 Å². The minimum atomic E-state index is -0.571. The molecule has 3 rings (SSSR count). The van der Waals surface area contributed by atoms with E-state index in [9.17, 15) is 9.50 Å². The van der Waals surface area contributed by atoms with E-state index in [0.717, 1.165) is 42.6 Å². The Kier molecular flexibility index (Phi) is 5.67. The molecule has 2 heterocycles. The molecule has 1 atom stereocenters. The molecule has 1 aliphatic heterocycles. The van der Waals surface area contributed by atoms with E-state index in [0.29, 0.717) is 6.54 Å². The Bertz CT molecular complexity index is 626. The number of aliphatic hydroxyl groups excluding tert-OH is 1. The Morgan fingerprint density at radius 1 is 1.04 bits per heavy atom. The Labute approximate surface area is 144 Å². The molecule has 1 fully saturated rings. The third-order valence-electron chi connectivity index (χ3n) is 4.16. The number of benzene rings is 1. The highest BCUT2D eigenvalue weighted by atomic mass is 35.5. The van der Waals surface area contributed by atoms with Crippen LogP contribution in [-0.4, -0.2) is 47.6 Å². The van der Waals surface area contributed by atoms with Gasteiger partial charge in [0.25, 0.3) is 0 Å². The van der Waals surface area contributed by atoms with Crippen molar-refractivity contribution in [3.8, 4) is 0 Å². The fourth-order valence-corrected chi connectivity index (χ4v) is 3.95. The number of β-amino-alcohol motifs (C(OH)–C–C–N with tert-alkyl or cyclic N) is 1. The second kappa shape index (κ2) is 7.73. The monoisotopic (exact) mass is 354 g/mol. The van der Waals surface area contributed by atoms with Gasteiger partial charge in [0.2, 0.25) is 0 Å². The molecule has 0 bridgehead atoms. The second-order valence-electron chi connectivity index (χ2n) is 5.85. The summed E-state index contributed by atoms with van der Waals surface area (Å²) in [5.41, 5.74) is 0.766. The minimum Gasteiger partial charge on any atom is -0.387 e. The van der Waals surface area contributed by atoms with Gasteiger partial charge in [-0.2, -0.15) is 0 Å². The highest BCUT2D eigenvalue weighted by Gasteiger charge is 2.20. The molecule has 6 heteroatoms. The van der Waals surface area contributed by atoms with Gasteiger partial charge in [-0.25, -0.2) is 4.39 Å². The van der Waals surface area contributed by atoms with Gasteiger partial charge in [-0.15, -0.1) is 11.3 Å². The van der Waals surface area contributed by atoms with Crippen LogP contribution in [0.4, 0.5) is 4.39 Å². The summed E-state index contributed by atoms with van der Waals surface area (Å²) in [6, 6.07) is 10.1. The molecule has 1 N–H and O–H groups in total. The molecule has 124 valence electrons. The molecular weight excluding hydrogens is 335 g/mol. The summed E-state index contributed by atoms with van der Waals surface area (Å²) < 4.78 is 13.8. The third kappa shape index (κ3) is 4.75. The first kappa shape index (κ1) is 16.9. The number of nitrogens with zero attached hydrogens (tertiary/aromatic N) is 2. The van der Waals surface area contributed by atoms with Gasteiger partial charge in [0.1, 0.15) is 5.82 Å². The standard InChI is InChI=1S/C17H20ClFN2OS/c18-17-6-5-15(23-17)11-20-7-9-21(10-8-20)12-16(22)13-1-3-14(19)4-2-13/h1-6,16,22H,7-12H2/t16-/m1/s1. The van der Waals surface area contributed by atoms with Crippen molar-refractivity contribution in [3.63, 3.8) is 0 Å². The normalized spacial score (nSPS) is 18.2. The third-order valence-corrected chi connectivity index (χ3v) is 5.38. The van der Waals surface area contributed by atoms with Crippen LogP contribution in [0.3, 0.4) is 0 Å². The maximum absolute atomic E-state index is 12.9. The summed E-state index contributed by atoms with van der Waals surface area (Å²) >= 11 is 7.60. The zero-order valence-electron chi connectivity index (χ0n) is 12.8. The molecule has 3 nitrogen and oxygen atoms in total. The molecule has 2 aromatic rings. The van der Waals surface area contributed by atoms with Crippen LogP contribution in [0.1, 0.15) is 16.5 Å². The van der Waals surface area contributed by atoms with Crippen molar-refractivity contribution in [1.82, 2.24) is 9.80 Å². The molecule has 0 spiro atoms. The highest BCUT2D eigenvalue weighted by molar-refractivity contribution is 7.16. The van der Waals surface area contributed by atoms with Crippen molar-refractivity contribution in [2.24, 2.45) is 0 Å². The van der Waals surface area contributed by atoms with Gasteiger partial charge in [-0.3, -0.25) is 9.80 Å². The van der Waals surface area contributed by atoms with E-state index in [2.05, 4.69) is 15.9 Å². The predicted molar refractivity (Wildman–Crippen MR) is 92.4 cm³/mol. The van der Waals surface area contributed by atoms with Crippen LogP contribution < -0.4 is 0 Å². The van der Waals surface area contributed by atoms with E-state index in [1.165, 1.54) is 17.0 Å². The van der Waals surface area contributed by atoms with Crippen LogP contribution in [0.25, 0.3) is 0 Å². The number of hydrogen-bond acceptors (Lipinski definition) is 4. The molecule has 0 radical (unpaired) electrons. The Balaban J connectivity index is 1.46. The fourth-order valence-electron chi connectivity index (χ4n) is 2.82. The van der Waals surface area contributed by atoms with Crippen molar-refractivity contribution >= 4 is 22.9 Å². The molecule has 0 aliphatic carbocycles. The van der Waals surface area contributed by atoms with Crippen LogP contribution in [0.5, 0.6) is 0 Å². The lowest BCUT2D eigenvalue weighted by atomic mass is 10.1. The van der Waals surface area contributed by atoms with E-state index in [1.807, 2.05) is 6.07 Å². The number of hydrogen-bond donors (Lipinski definition) is 1. The van der Waals surface area contributed by atoms with Gasteiger partial charge < -0.3 is 5.11 Å². The topological polar surface area (TPSA) is 26.7 Å². The first-order valence-corrected chi connectivity index (χ1v) is 8.92. The summed E-state index contributed by atoms with van der Waals surface area (Å²) in [6.07, 6.45) is -0.571. The molecule has 1 aromatic carbocycles. The van der Waals surface area contributed by atoms with Crippen LogP contribution in [0.2, 0.25) is 4.34 Å². The number of rotatable bonds is 5. The van der Waals surface area contributed by atoms with Crippen LogP contribution in [-0.2, 0) is 6.54 Å². The van der Waals surface area contributed by atoms with E-state index in [-0.39, 0.29) is 5.82 Å². The molecule has 0 amide bonds. The van der Waals surface area contributed by atoms with Crippen LogP contribution >= 0.6 is 22.9 Å². The van der Waals surface area contributed by atoms with E-state index in [4.69, 9.17) is 11.6 Å². The highest BCUT2D eigenvalue weighted by Crippen LogP contribution is 2.23. The maximum Gasteiger partial charge on any atom is 0.123 e. The predicted octanol–water partition coefficient (Wildman–Crippen LogP) is 3.39. The van der Waals surface area contributed by atoms with Crippen molar-refractivity contribution in [2.45, 2.75) is 12.6 Å². The summed E-state index contributed by atoms with van der Waals surface area (Å²) in [6.45, 7) is 5.34. The van der Waals surface area contributed by atoms with Crippen LogP contribution in [0, 0.1) is 5.82 Å². The van der Waals surface area contributed by atoms with Crippen molar-refractivity contribution in [2.75, 3.05) is 32.7 Å². The summed E-state index contributed by atoms with van der Waals surface area (Å²) in [4.78, 5) is 5.95. The summed E-state index contributed by atoms with van der Waals surface area (Å²) in [5.74, 6) is -0.275. The maximum atomic E-state index is 12.9. The first-order valence-electron chi connectivity index (χ1n) is 7.72. The van der Waals surface area contributed by atoms with Crippen molar-refractivity contribution < 1.29 is 9.50 Å². The summed E-state index contributed by atoms with van der Waals surface area (Å²) in [5, 5.41) is 10.3. The number of halogens is 2. The van der Waals surface area contributed by atoms with Gasteiger partial charge in [-0.05, 0) is 29.8 Å². The second-order valence-corrected chi connectivity index (χ2v) is 7.65. The zero-order valence-corrected chi connectivity index (χ0v) is 14.4. The average Bonchev–Trinajstić information content (AvgIpc) is 2.95. The van der Waals surface area contributed by atoms with E-state index >= 15 is 0 Å². The average molecular weight is 355 g/mol. The lowest BCUT2D eigenvalue weighted by Gasteiger charge is -2.35. The largest absolute Gasteiger partial charge is 0.387 e. The number of piperazine rings is 1. The molecular formula is C17H20ClFN2OS.